The molecule has 0 spiro atoms. The second-order valence-corrected chi connectivity index (χ2v) is 4.45. The molecule has 0 heterocycles. The number of hydrogen-bond acceptors (Lipinski definition) is 2. The number of nitrogens with two attached hydrogens (primary N) is 1. The molecule has 0 fully saturated rings. The molecule has 3 N–H and O–H groups in total. The standard InChI is InChI=1S/C13H20N2O/c1-10(2)6-7-13(16)15-9-11-4-3-5-12(14)8-11/h3-5,8,10H,6-7,9,14H2,1-2H3,(H,15,16). The first-order valence-electron chi connectivity index (χ1n) is 5.69. The van der Waals surface area contributed by atoms with Gasteiger partial charge in [0.05, 0.1) is 0 Å². The van der Waals surface area contributed by atoms with E-state index in [9.17, 15) is 4.79 Å². The van der Waals surface area contributed by atoms with Crippen molar-refractivity contribution in [3.8, 4) is 0 Å². The second kappa shape index (κ2) is 6.16. The zero-order valence-electron chi connectivity index (χ0n) is 9.99. The van der Waals surface area contributed by atoms with Gasteiger partial charge in [0, 0.05) is 18.7 Å². The average Bonchev–Trinajstić information content (AvgIpc) is 2.23. The van der Waals surface area contributed by atoms with Crippen LogP contribution in [-0.4, -0.2) is 5.91 Å². The molecule has 0 atom stereocenters. The Morgan fingerprint density at radius 2 is 2.19 bits per heavy atom. The molecule has 3 nitrogen and oxygen atoms in total. The molecule has 0 aliphatic heterocycles. The Morgan fingerprint density at radius 3 is 2.81 bits per heavy atom. The Labute approximate surface area is 97.0 Å². The zero-order chi connectivity index (χ0) is 12.0. The van der Waals surface area contributed by atoms with E-state index in [1.165, 1.54) is 0 Å². The van der Waals surface area contributed by atoms with Gasteiger partial charge in [-0.1, -0.05) is 26.0 Å². The van der Waals surface area contributed by atoms with Crippen LogP contribution < -0.4 is 11.1 Å². The van der Waals surface area contributed by atoms with Crippen molar-refractivity contribution >= 4 is 11.6 Å². The number of nitrogen functional groups attached to an aromatic ring is 1. The van der Waals surface area contributed by atoms with Gasteiger partial charge < -0.3 is 11.1 Å². The number of rotatable bonds is 5. The highest BCUT2D eigenvalue weighted by Crippen LogP contribution is 2.07. The fourth-order valence-corrected chi connectivity index (χ4v) is 1.41. The number of amides is 1. The van der Waals surface area contributed by atoms with Crippen LogP contribution in [0.3, 0.4) is 0 Å². The van der Waals surface area contributed by atoms with Crippen LogP contribution in [0.2, 0.25) is 0 Å². The first kappa shape index (κ1) is 12.6. The fraction of sp³-hybridized carbons (Fsp3) is 0.462. The minimum Gasteiger partial charge on any atom is -0.399 e. The molecule has 88 valence electrons. The minimum atomic E-state index is 0.108. The van der Waals surface area contributed by atoms with Crippen LogP contribution in [-0.2, 0) is 11.3 Å². The van der Waals surface area contributed by atoms with Crippen molar-refractivity contribution in [3.05, 3.63) is 29.8 Å². The van der Waals surface area contributed by atoms with E-state index in [4.69, 9.17) is 5.73 Å². The number of carbonyl (C=O) groups is 1. The van der Waals surface area contributed by atoms with Gasteiger partial charge in [-0.25, -0.2) is 0 Å². The van der Waals surface area contributed by atoms with E-state index in [1.807, 2.05) is 24.3 Å². The first-order chi connectivity index (χ1) is 7.58. The highest BCUT2D eigenvalue weighted by atomic mass is 16.1. The average molecular weight is 220 g/mol. The predicted molar refractivity (Wildman–Crippen MR) is 66.8 cm³/mol. The maximum Gasteiger partial charge on any atom is 0.220 e. The van der Waals surface area contributed by atoms with Crippen LogP contribution >= 0.6 is 0 Å². The molecule has 1 aromatic rings. The van der Waals surface area contributed by atoms with Gasteiger partial charge >= 0.3 is 0 Å². The third-order valence-corrected chi connectivity index (χ3v) is 2.39. The molecule has 0 radical (unpaired) electrons. The SMILES string of the molecule is CC(C)CCC(=O)NCc1cccc(N)c1. The Kier molecular flexibility index (Phi) is 4.83. The van der Waals surface area contributed by atoms with Crippen molar-refractivity contribution < 1.29 is 4.79 Å². The maximum absolute atomic E-state index is 11.5. The van der Waals surface area contributed by atoms with Crippen molar-refractivity contribution in [2.45, 2.75) is 33.2 Å². The van der Waals surface area contributed by atoms with Crippen molar-refractivity contribution in [2.75, 3.05) is 5.73 Å². The van der Waals surface area contributed by atoms with E-state index < -0.39 is 0 Å². The van der Waals surface area contributed by atoms with Gasteiger partial charge in [-0.3, -0.25) is 4.79 Å². The van der Waals surface area contributed by atoms with Gasteiger partial charge in [-0.05, 0) is 30.0 Å². The smallest absolute Gasteiger partial charge is 0.220 e. The summed E-state index contributed by atoms with van der Waals surface area (Å²) in [6.07, 6.45) is 1.53. The summed E-state index contributed by atoms with van der Waals surface area (Å²) in [6, 6.07) is 7.57. The molecule has 0 saturated heterocycles. The molecule has 0 aliphatic carbocycles. The van der Waals surface area contributed by atoms with Gasteiger partial charge in [0.1, 0.15) is 0 Å². The highest BCUT2D eigenvalue weighted by molar-refractivity contribution is 5.75. The summed E-state index contributed by atoms with van der Waals surface area (Å²) in [6.45, 7) is 4.79. The highest BCUT2D eigenvalue weighted by Gasteiger charge is 2.03. The zero-order valence-corrected chi connectivity index (χ0v) is 9.99. The van der Waals surface area contributed by atoms with Gasteiger partial charge in [0.2, 0.25) is 5.91 Å². The summed E-state index contributed by atoms with van der Waals surface area (Å²) in [5, 5.41) is 2.89. The van der Waals surface area contributed by atoms with Crippen LogP contribution in [0, 0.1) is 5.92 Å². The van der Waals surface area contributed by atoms with E-state index in [0.717, 1.165) is 17.7 Å². The minimum absolute atomic E-state index is 0.108. The Morgan fingerprint density at radius 1 is 1.44 bits per heavy atom. The van der Waals surface area contributed by atoms with Crippen molar-refractivity contribution in [1.29, 1.82) is 0 Å². The molecule has 16 heavy (non-hydrogen) atoms. The lowest BCUT2D eigenvalue weighted by molar-refractivity contribution is -0.121. The lowest BCUT2D eigenvalue weighted by Gasteiger charge is -2.07. The molecule has 1 amide bonds. The third kappa shape index (κ3) is 4.82. The lowest BCUT2D eigenvalue weighted by atomic mass is 10.1. The summed E-state index contributed by atoms with van der Waals surface area (Å²) >= 11 is 0. The molecule has 0 bridgehead atoms. The van der Waals surface area contributed by atoms with E-state index in [-0.39, 0.29) is 5.91 Å². The van der Waals surface area contributed by atoms with Crippen molar-refractivity contribution in [1.82, 2.24) is 5.32 Å². The molecular formula is C13H20N2O. The molecule has 0 saturated carbocycles. The molecule has 0 unspecified atom stereocenters. The number of anilines is 1. The quantitative estimate of drug-likeness (QED) is 0.748. The van der Waals surface area contributed by atoms with Crippen molar-refractivity contribution in [3.63, 3.8) is 0 Å². The largest absolute Gasteiger partial charge is 0.399 e. The molecule has 0 aromatic heterocycles. The lowest BCUT2D eigenvalue weighted by Crippen LogP contribution is -2.22. The monoisotopic (exact) mass is 220 g/mol. The van der Waals surface area contributed by atoms with E-state index >= 15 is 0 Å². The van der Waals surface area contributed by atoms with E-state index in [2.05, 4.69) is 19.2 Å². The normalized spacial score (nSPS) is 10.4. The molecule has 1 aromatic carbocycles. The van der Waals surface area contributed by atoms with Crippen LogP contribution in [0.4, 0.5) is 5.69 Å². The Bertz CT molecular complexity index is 348. The second-order valence-electron chi connectivity index (χ2n) is 4.45. The van der Waals surface area contributed by atoms with E-state index in [1.54, 1.807) is 0 Å². The molecule has 0 aliphatic rings. The van der Waals surface area contributed by atoms with Gasteiger partial charge in [-0.15, -0.1) is 0 Å². The Hall–Kier alpha value is -1.51. The summed E-state index contributed by atoms with van der Waals surface area (Å²) in [5.74, 6) is 0.675. The van der Waals surface area contributed by atoms with Crippen LogP contribution in [0.1, 0.15) is 32.3 Å². The van der Waals surface area contributed by atoms with E-state index in [0.29, 0.717) is 18.9 Å². The van der Waals surface area contributed by atoms with Gasteiger partial charge in [-0.2, -0.15) is 0 Å². The fourth-order valence-electron chi connectivity index (χ4n) is 1.41. The number of benzene rings is 1. The topological polar surface area (TPSA) is 55.1 Å². The van der Waals surface area contributed by atoms with Crippen LogP contribution in [0.5, 0.6) is 0 Å². The maximum atomic E-state index is 11.5. The van der Waals surface area contributed by atoms with Crippen molar-refractivity contribution in [2.24, 2.45) is 5.92 Å². The summed E-state index contributed by atoms with van der Waals surface area (Å²) in [5.41, 5.74) is 7.42. The van der Waals surface area contributed by atoms with Crippen LogP contribution in [0.15, 0.2) is 24.3 Å². The van der Waals surface area contributed by atoms with Crippen LogP contribution in [0.25, 0.3) is 0 Å². The number of nitrogens with one attached hydrogen (secondary N) is 1. The predicted octanol–water partition coefficient (Wildman–Crippen LogP) is 2.32. The summed E-state index contributed by atoms with van der Waals surface area (Å²) < 4.78 is 0. The summed E-state index contributed by atoms with van der Waals surface area (Å²) in [4.78, 5) is 11.5. The summed E-state index contributed by atoms with van der Waals surface area (Å²) in [7, 11) is 0. The first-order valence-corrected chi connectivity index (χ1v) is 5.69. The van der Waals surface area contributed by atoms with Gasteiger partial charge in [0.15, 0.2) is 0 Å². The Balaban J connectivity index is 2.31. The number of hydrogen-bond donors (Lipinski definition) is 2. The molecular weight excluding hydrogens is 200 g/mol. The third-order valence-electron chi connectivity index (χ3n) is 2.39. The number of carbonyl (C=O) groups excluding carboxylic acids is 1. The molecule has 3 heteroatoms. The molecule has 1 rings (SSSR count). The van der Waals surface area contributed by atoms with Gasteiger partial charge in [0.25, 0.3) is 0 Å².